The Morgan fingerprint density at radius 2 is 1.76 bits per heavy atom. The quantitative estimate of drug-likeness (QED) is 0.728. The van der Waals surface area contributed by atoms with Crippen molar-refractivity contribution in [2.45, 2.75) is 18.4 Å². The van der Waals surface area contributed by atoms with Gasteiger partial charge >= 0.3 is 0 Å². The topological polar surface area (TPSA) is 75.3 Å². The summed E-state index contributed by atoms with van der Waals surface area (Å²) < 4.78 is 6.00. The van der Waals surface area contributed by atoms with Crippen LogP contribution in [0.4, 0.5) is 0 Å². The van der Waals surface area contributed by atoms with E-state index in [0.29, 0.717) is 19.7 Å². The van der Waals surface area contributed by atoms with Gasteiger partial charge in [-0.2, -0.15) is 0 Å². The van der Waals surface area contributed by atoms with Crippen LogP contribution in [0.2, 0.25) is 0 Å². The lowest BCUT2D eigenvalue weighted by Gasteiger charge is -2.34. The molecule has 148 valence electrons. The van der Waals surface area contributed by atoms with E-state index in [0.717, 1.165) is 6.42 Å². The first kappa shape index (κ1) is 19.1. The molecule has 1 atom stereocenters. The molecule has 1 N–H and O–H groups in total. The van der Waals surface area contributed by atoms with Crippen LogP contribution in [0.15, 0.2) is 78.0 Å². The number of aromatic amines is 1. The van der Waals surface area contributed by atoms with Crippen molar-refractivity contribution in [3.8, 4) is 0 Å². The third-order valence-electron chi connectivity index (χ3n) is 5.28. The number of amides is 1. The van der Waals surface area contributed by atoms with Crippen LogP contribution >= 0.6 is 0 Å². The monoisotopic (exact) mass is 389 g/mol. The molecule has 2 heterocycles. The van der Waals surface area contributed by atoms with E-state index in [4.69, 9.17) is 4.74 Å². The molecule has 0 aliphatic carbocycles. The fourth-order valence-corrected chi connectivity index (χ4v) is 3.81. The van der Waals surface area contributed by atoms with Gasteiger partial charge in [0.2, 0.25) is 0 Å². The molecule has 1 aromatic heterocycles. The molecular weight excluding hydrogens is 366 g/mol. The minimum atomic E-state index is -0.417. The van der Waals surface area contributed by atoms with Gasteiger partial charge in [-0.25, -0.2) is 4.98 Å². The number of rotatable bonds is 5. The molecule has 1 saturated heterocycles. The highest BCUT2D eigenvalue weighted by molar-refractivity contribution is 5.93. The van der Waals surface area contributed by atoms with Gasteiger partial charge in [0.15, 0.2) is 0 Å². The molecular formula is C23H23N3O3. The van der Waals surface area contributed by atoms with Crippen LogP contribution in [0.5, 0.6) is 0 Å². The maximum Gasteiger partial charge on any atom is 0.263 e. The number of aromatic nitrogens is 2. The van der Waals surface area contributed by atoms with Crippen molar-refractivity contribution in [3.05, 3.63) is 100 Å². The average molecular weight is 389 g/mol. The van der Waals surface area contributed by atoms with E-state index in [9.17, 15) is 9.59 Å². The summed E-state index contributed by atoms with van der Waals surface area (Å²) in [5.41, 5.74) is 2.08. The zero-order chi connectivity index (χ0) is 20.1. The van der Waals surface area contributed by atoms with Gasteiger partial charge in [0.1, 0.15) is 5.56 Å². The number of hydrogen-bond donors (Lipinski definition) is 1. The van der Waals surface area contributed by atoms with Crippen molar-refractivity contribution in [1.29, 1.82) is 0 Å². The van der Waals surface area contributed by atoms with Gasteiger partial charge in [-0.1, -0.05) is 60.7 Å². The Morgan fingerprint density at radius 3 is 2.38 bits per heavy atom. The van der Waals surface area contributed by atoms with E-state index >= 15 is 0 Å². The molecule has 29 heavy (non-hydrogen) atoms. The fraction of sp³-hybridized carbons (Fsp3) is 0.261. The Kier molecular flexibility index (Phi) is 5.81. The average Bonchev–Trinajstić information content (AvgIpc) is 2.79. The van der Waals surface area contributed by atoms with Gasteiger partial charge in [-0.15, -0.1) is 0 Å². The van der Waals surface area contributed by atoms with E-state index in [2.05, 4.69) is 34.2 Å². The first-order chi connectivity index (χ1) is 14.2. The summed E-state index contributed by atoms with van der Waals surface area (Å²) in [5.74, 6) is -0.136. The summed E-state index contributed by atoms with van der Waals surface area (Å²) in [6.07, 6.45) is 3.24. The van der Waals surface area contributed by atoms with Crippen LogP contribution in [0.3, 0.4) is 0 Å². The number of ether oxygens (including phenoxy) is 1. The van der Waals surface area contributed by atoms with Gasteiger partial charge in [-0.3, -0.25) is 9.59 Å². The zero-order valence-corrected chi connectivity index (χ0v) is 16.0. The second kappa shape index (κ2) is 8.84. The van der Waals surface area contributed by atoms with Crippen LogP contribution in [0, 0.1) is 0 Å². The molecule has 0 bridgehead atoms. The van der Waals surface area contributed by atoms with Crippen LogP contribution < -0.4 is 5.56 Å². The predicted octanol–water partition coefficient (Wildman–Crippen LogP) is 2.83. The lowest BCUT2D eigenvalue weighted by atomic mass is 9.86. The summed E-state index contributed by atoms with van der Waals surface area (Å²) in [6, 6.07) is 20.7. The Morgan fingerprint density at radius 1 is 1.10 bits per heavy atom. The molecule has 4 rings (SSSR count). The zero-order valence-electron chi connectivity index (χ0n) is 16.0. The standard InChI is InChI=1S/C23H23N3O3/c27-22-21(14-24-16-25-22)23(28)26-11-12-29-19(15-26)13-20(17-7-3-1-4-8-17)18-9-5-2-6-10-18/h1-10,14,16,19-20H,11-13,15H2,(H,24,25,27)/t19-/m0/s1. The largest absolute Gasteiger partial charge is 0.375 e. The minimum Gasteiger partial charge on any atom is -0.375 e. The molecule has 0 unspecified atom stereocenters. The second-order valence-electron chi connectivity index (χ2n) is 7.15. The van der Waals surface area contributed by atoms with Gasteiger partial charge in [-0.05, 0) is 17.5 Å². The van der Waals surface area contributed by atoms with E-state index in [-0.39, 0.29) is 23.5 Å². The van der Waals surface area contributed by atoms with Crippen molar-refractivity contribution in [3.63, 3.8) is 0 Å². The van der Waals surface area contributed by atoms with Crippen LogP contribution in [-0.2, 0) is 4.74 Å². The lowest BCUT2D eigenvalue weighted by molar-refractivity contribution is -0.0264. The van der Waals surface area contributed by atoms with Gasteiger partial charge < -0.3 is 14.6 Å². The molecule has 0 spiro atoms. The van der Waals surface area contributed by atoms with Gasteiger partial charge in [0, 0.05) is 25.2 Å². The highest BCUT2D eigenvalue weighted by Crippen LogP contribution is 2.31. The molecule has 1 aliphatic heterocycles. The maximum atomic E-state index is 12.8. The summed E-state index contributed by atoms with van der Waals surface area (Å²) in [4.78, 5) is 32.8. The SMILES string of the molecule is O=C(c1cnc[nH]c1=O)N1CCO[C@@H](CC(c2ccccc2)c2ccccc2)C1. The van der Waals surface area contributed by atoms with E-state index in [1.54, 1.807) is 4.90 Å². The van der Waals surface area contributed by atoms with Crippen LogP contribution in [0.1, 0.15) is 33.8 Å². The molecule has 0 radical (unpaired) electrons. The number of nitrogens with zero attached hydrogens (tertiary/aromatic N) is 2. The molecule has 2 aromatic carbocycles. The Balaban J connectivity index is 1.53. The highest BCUT2D eigenvalue weighted by Gasteiger charge is 2.29. The van der Waals surface area contributed by atoms with Gasteiger partial charge in [0.05, 0.1) is 19.0 Å². The first-order valence-corrected chi connectivity index (χ1v) is 9.76. The number of morpholine rings is 1. The number of carbonyl (C=O) groups is 1. The maximum absolute atomic E-state index is 12.8. The molecule has 1 fully saturated rings. The number of benzene rings is 2. The number of nitrogens with one attached hydrogen (secondary N) is 1. The molecule has 6 nitrogen and oxygen atoms in total. The number of carbonyl (C=O) groups excluding carboxylic acids is 1. The fourth-order valence-electron chi connectivity index (χ4n) is 3.81. The third-order valence-corrected chi connectivity index (χ3v) is 5.28. The number of H-pyrrole nitrogens is 1. The van der Waals surface area contributed by atoms with Crippen molar-refractivity contribution in [2.75, 3.05) is 19.7 Å². The normalized spacial score (nSPS) is 16.7. The molecule has 0 saturated carbocycles. The third kappa shape index (κ3) is 4.43. The summed E-state index contributed by atoms with van der Waals surface area (Å²) >= 11 is 0. The van der Waals surface area contributed by atoms with Gasteiger partial charge in [0.25, 0.3) is 11.5 Å². The Labute approximate surface area is 169 Å². The number of hydrogen-bond acceptors (Lipinski definition) is 4. The Hall–Kier alpha value is -3.25. The smallest absolute Gasteiger partial charge is 0.263 e. The van der Waals surface area contributed by atoms with E-state index in [1.165, 1.54) is 23.7 Å². The Bertz CT molecular complexity index is 965. The molecule has 3 aromatic rings. The van der Waals surface area contributed by atoms with Crippen LogP contribution in [-0.4, -0.2) is 46.6 Å². The van der Waals surface area contributed by atoms with E-state index in [1.807, 2.05) is 36.4 Å². The van der Waals surface area contributed by atoms with Crippen molar-refractivity contribution in [1.82, 2.24) is 14.9 Å². The van der Waals surface area contributed by atoms with Crippen molar-refractivity contribution >= 4 is 5.91 Å². The molecule has 1 aliphatic rings. The van der Waals surface area contributed by atoms with Crippen LogP contribution in [0.25, 0.3) is 0 Å². The molecule has 1 amide bonds. The predicted molar refractivity (Wildman–Crippen MR) is 110 cm³/mol. The minimum absolute atomic E-state index is 0.0656. The van der Waals surface area contributed by atoms with Crippen molar-refractivity contribution in [2.24, 2.45) is 0 Å². The second-order valence-corrected chi connectivity index (χ2v) is 7.15. The lowest BCUT2D eigenvalue weighted by Crippen LogP contribution is -2.47. The summed E-state index contributed by atoms with van der Waals surface area (Å²) in [6.45, 7) is 1.36. The van der Waals surface area contributed by atoms with Crippen molar-refractivity contribution < 1.29 is 9.53 Å². The molecule has 6 heteroatoms. The first-order valence-electron chi connectivity index (χ1n) is 9.76. The summed E-state index contributed by atoms with van der Waals surface area (Å²) in [5, 5.41) is 0. The summed E-state index contributed by atoms with van der Waals surface area (Å²) in [7, 11) is 0. The highest BCUT2D eigenvalue weighted by atomic mass is 16.5. The van der Waals surface area contributed by atoms with E-state index < -0.39 is 5.56 Å².